The predicted octanol–water partition coefficient (Wildman–Crippen LogP) is 2.76. The number of aryl methyl sites for hydroxylation is 1. The molecule has 1 heterocycles. The number of rotatable bonds is 7. The molecule has 0 spiro atoms. The summed E-state index contributed by atoms with van der Waals surface area (Å²) in [6.07, 6.45) is 5.81. The summed E-state index contributed by atoms with van der Waals surface area (Å²) in [6, 6.07) is 11.4. The van der Waals surface area contributed by atoms with Crippen molar-refractivity contribution in [1.82, 2.24) is 10.3 Å². The van der Waals surface area contributed by atoms with Crippen LogP contribution in [0, 0.1) is 12.3 Å². The zero-order valence-corrected chi connectivity index (χ0v) is 18.2. The topological polar surface area (TPSA) is 117 Å². The summed E-state index contributed by atoms with van der Waals surface area (Å²) in [5.74, 6) is 5.85. The van der Waals surface area contributed by atoms with Crippen molar-refractivity contribution in [3.63, 3.8) is 0 Å². The average molecular weight is 422 g/mol. The number of anilines is 1. The van der Waals surface area contributed by atoms with Crippen LogP contribution in [0.15, 0.2) is 48.7 Å². The van der Waals surface area contributed by atoms with Crippen LogP contribution >= 0.6 is 0 Å². The number of nitrogens with zero attached hydrogens (tertiary/aromatic N) is 1. The van der Waals surface area contributed by atoms with Gasteiger partial charge in [-0.3, -0.25) is 9.80 Å². The number of benzene rings is 2. The van der Waals surface area contributed by atoms with Gasteiger partial charge in [-0.1, -0.05) is 24.3 Å². The van der Waals surface area contributed by atoms with Crippen molar-refractivity contribution >= 4 is 17.3 Å². The first-order chi connectivity index (χ1) is 14.9. The lowest BCUT2D eigenvalue weighted by atomic mass is 9.95. The van der Waals surface area contributed by atoms with Crippen LogP contribution < -0.4 is 16.9 Å². The smallest absolute Gasteiger partial charge is 0.270 e. The number of nitrogens with two attached hydrogens (primary N) is 2. The fraction of sp³-hybridized carbons (Fsp3) is 0.333. The molecule has 1 aliphatic rings. The molecule has 1 amide bonds. The van der Waals surface area contributed by atoms with Gasteiger partial charge in [-0.2, -0.15) is 0 Å². The van der Waals surface area contributed by atoms with Gasteiger partial charge in [0.05, 0.1) is 23.9 Å². The highest BCUT2D eigenvalue weighted by atomic mass is 16.5. The zero-order chi connectivity index (χ0) is 22.4. The van der Waals surface area contributed by atoms with Gasteiger partial charge >= 0.3 is 0 Å². The minimum Gasteiger partial charge on any atom is -0.398 e. The van der Waals surface area contributed by atoms with Gasteiger partial charge in [0.2, 0.25) is 0 Å². The number of hydrogen-bond acceptors (Lipinski definition) is 6. The van der Waals surface area contributed by atoms with Crippen LogP contribution in [0.1, 0.15) is 45.5 Å². The second-order valence-electron chi connectivity index (χ2n) is 7.86. The molecule has 31 heavy (non-hydrogen) atoms. The molecule has 1 saturated heterocycles. The van der Waals surface area contributed by atoms with Crippen LogP contribution in [0.2, 0.25) is 0 Å². The molecular formula is C24H31N5O2. The molecule has 6 N–H and O–H groups in total. The molecule has 0 saturated carbocycles. The van der Waals surface area contributed by atoms with Crippen LogP contribution in [0.3, 0.4) is 0 Å². The standard InChI is InChI=1S/C24H31N5O2/c1-16-12-23(26)21(24(30)29(27)20-4-3-11-31-15-20)14-19(16)13-17-5-7-18(8-6-17)22(25)9-10-28-2/h5-10,12,14,20,25,28H,3-4,11,13,15,26-27H2,1-2H3/b10-9-,25-22?. The highest BCUT2D eigenvalue weighted by Gasteiger charge is 2.26. The Morgan fingerprint density at radius 3 is 2.71 bits per heavy atom. The van der Waals surface area contributed by atoms with Crippen molar-refractivity contribution in [3.8, 4) is 0 Å². The lowest BCUT2D eigenvalue weighted by Crippen LogP contribution is -2.49. The van der Waals surface area contributed by atoms with Crippen LogP contribution in [-0.2, 0) is 11.2 Å². The summed E-state index contributed by atoms with van der Waals surface area (Å²) in [5, 5.41) is 12.2. The Bertz CT molecular complexity index is 963. The minimum absolute atomic E-state index is 0.134. The van der Waals surface area contributed by atoms with Crippen molar-refractivity contribution < 1.29 is 9.53 Å². The lowest BCUT2D eigenvalue weighted by Gasteiger charge is -2.30. The quantitative estimate of drug-likeness (QED) is 0.180. The van der Waals surface area contributed by atoms with Crippen LogP contribution in [0.5, 0.6) is 0 Å². The molecule has 2 aromatic rings. The number of ether oxygens (including phenoxy) is 1. The number of amides is 1. The van der Waals surface area contributed by atoms with E-state index in [1.807, 2.05) is 43.3 Å². The normalized spacial score (nSPS) is 16.3. The zero-order valence-electron chi connectivity index (χ0n) is 18.2. The number of carbonyl (C=O) groups excluding carboxylic acids is 1. The Balaban J connectivity index is 1.78. The van der Waals surface area contributed by atoms with Crippen LogP contribution in [0.4, 0.5) is 5.69 Å². The van der Waals surface area contributed by atoms with Gasteiger partial charge in [0, 0.05) is 19.3 Å². The maximum atomic E-state index is 13.0. The second-order valence-corrected chi connectivity index (χ2v) is 7.86. The number of nitrogens with one attached hydrogen (secondary N) is 2. The number of hydrogen-bond donors (Lipinski definition) is 4. The third-order valence-electron chi connectivity index (χ3n) is 5.58. The summed E-state index contributed by atoms with van der Waals surface area (Å²) in [5.41, 5.74) is 11.4. The number of carbonyl (C=O) groups is 1. The van der Waals surface area contributed by atoms with Crippen molar-refractivity contribution in [3.05, 3.63) is 76.5 Å². The van der Waals surface area contributed by atoms with E-state index in [1.54, 1.807) is 19.3 Å². The Hall–Kier alpha value is -3.16. The van der Waals surface area contributed by atoms with Crippen LogP contribution in [0.25, 0.3) is 0 Å². The van der Waals surface area contributed by atoms with Gasteiger partial charge in [0.15, 0.2) is 0 Å². The van der Waals surface area contributed by atoms with Gasteiger partial charge in [-0.15, -0.1) is 0 Å². The molecule has 3 rings (SSSR count). The summed E-state index contributed by atoms with van der Waals surface area (Å²) in [7, 11) is 1.80. The Morgan fingerprint density at radius 1 is 1.32 bits per heavy atom. The molecule has 0 bridgehead atoms. The van der Waals surface area contributed by atoms with E-state index in [0.29, 0.717) is 36.6 Å². The Kier molecular flexibility index (Phi) is 7.44. The first kappa shape index (κ1) is 22.5. The third kappa shape index (κ3) is 5.51. The van der Waals surface area contributed by atoms with Gasteiger partial charge in [0.25, 0.3) is 5.91 Å². The van der Waals surface area contributed by atoms with Gasteiger partial charge in [-0.05, 0) is 72.8 Å². The molecule has 164 valence electrons. The van der Waals surface area contributed by atoms with Gasteiger partial charge in [-0.25, -0.2) is 5.84 Å². The first-order valence-corrected chi connectivity index (χ1v) is 10.5. The molecule has 1 fully saturated rings. The molecule has 7 heteroatoms. The van der Waals surface area contributed by atoms with E-state index in [9.17, 15) is 4.79 Å². The van der Waals surface area contributed by atoms with Gasteiger partial charge < -0.3 is 21.2 Å². The molecule has 7 nitrogen and oxygen atoms in total. The first-order valence-electron chi connectivity index (χ1n) is 10.5. The maximum absolute atomic E-state index is 13.0. The lowest BCUT2D eigenvalue weighted by molar-refractivity contribution is 0.0166. The maximum Gasteiger partial charge on any atom is 0.270 e. The highest BCUT2D eigenvalue weighted by molar-refractivity contribution is 6.06. The van der Waals surface area contributed by atoms with Crippen molar-refractivity contribution in [2.45, 2.75) is 32.2 Å². The number of allylic oxidation sites excluding steroid dienone is 1. The molecule has 0 aliphatic carbocycles. The molecule has 1 unspecified atom stereocenters. The van der Waals surface area contributed by atoms with Crippen molar-refractivity contribution in [2.24, 2.45) is 5.84 Å². The number of hydrazine groups is 1. The van der Waals surface area contributed by atoms with Crippen molar-refractivity contribution in [1.29, 1.82) is 5.41 Å². The monoisotopic (exact) mass is 421 g/mol. The fourth-order valence-corrected chi connectivity index (χ4v) is 3.68. The highest BCUT2D eigenvalue weighted by Crippen LogP contribution is 2.24. The molecular weight excluding hydrogens is 390 g/mol. The van der Waals surface area contributed by atoms with E-state index >= 15 is 0 Å². The van der Waals surface area contributed by atoms with E-state index in [2.05, 4.69) is 5.32 Å². The van der Waals surface area contributed by atoms with Crippen LogP contribution in [-0.4, -0.2) is 42.9 Å². The second kappa shape index (κ2) is 10.2. The van der Waals surface area contributed by atoms with Gasteiger partial charge in [0.1, 0.15) is 0 Å². The predicted molar refractivity (Wildman–Crippen MR) is 124 cm³/mol. The third-order valence-corrected chi connectivity index (χ3v) is 5.58. The van der Waals surface area contributed by atoms with E-state index in [0.717, 1.165) is 35.1 Å². The van der Waals surface area contributed by atoms with Crippen molar-refractivity contribution in [2.75, 3.05) is 26.0 Å². The van der Waals surface area contributed by atoms with E-state index in [4.69, 9.17) is 21.7 Å². The number of nitrogen functional groups attached to an aromatic ring is 1. The minimum atomic E-state index is -0.283. The molecule has 2 aromatic carbocycles. The SMILES string of the molecule is CN/C=C\C(=N)c1ccc(Cc2cc(C(=O)N(N)C3CCCOC3)c(N)cc2C)cc1. The summed E-state index contributed by atoms with van der Waals surface area (Å²) >= 11 is 0. The molecule has 1 atom stereocenters. The Labute approximate surface area is 183 Å². The average Bonchev–Trinajstić information content (AvgIpc) is 2.79. The van der Waals surface area contributed by atoms with E-state index in [-0.39, 0.29) is 11.9 Å². The van der Waals surface area contributed by atoms with E-state index < -0.39 is 0 Å². The summed E-state index contributed by atoms with van der Waals surface area (Å²) < 4.78 is 5.46. The summed E-state index contributed by atoms with van der Waals surface area (Å²) in [4.78, 5) is 13.0. The van der Waals surface area contributed by atoms with E-state index in [1.165, 1.54) is 5.01 Å². The Morgan fingerprint density at radius 2 is 2.06 bits per heavy atom. The summed E-state index contributed by atoms with van der Waals surface area (Å²) in [6.45, 7) is 3.15. The molecule has 0 radical (unpaired) electrons. The molecule has 0 aromatic heterocycles. The fourth-order valence-electron chi connectivity index (χ4n) is 3.68. The molecule has 1 aliphatic heterocycles. The largest absolute Gasteiger partial charge is 0.398 e.